The van der Waals surface area contributed by atoms with Crippen molar-refractivity contribution >= 4 is 12.0 Å². The molecule has 2 amide bonds. The van der Waals surface area contributed by atoms with E-state index in [0.717, 1.165) is 18.7 Å². The number of carbonyl (C=O) groups is 2. The van der Waals surface area contributed by atoms with Gasteiger partial charge in [-0.2, -0.15) is 0 Å². The summed E-state index contributed by atoms with van der Waals surface area (Å²) in [5.41, 5.74) is 0.616. The molecule has 4 heterocycles. The normalized spacial score (nSPS) is 24.8. The Kier molecular flexibility index (Phi) is 5.17. The Labute approximate surface area is 171 Å². The number of carbonyl (C=O) groups excluding carboxylic acids is 2. The molecular weight excluding hydrogens is 370 g/mol. The predicted octanol–water partition coefficient (Wildman–Crippen LogP) is 2.44. The third-order valence-corrected chi connectivity index (χ3v) is 6.29. The number of amides is 2. The molecule has 0 saturated carbocycles. The van der Waals surface area contributed by atoms with Gasteiger partial charge < -0.3 is 19.1 Å². The van der Waals surface area contributed by atoms with Crippen LogP contribution in [0.4, 0.5) is 4.79 Å². The molecule has 3 aliphatic heterocycles. The Bertz CT molecular complexity index is 848. The largest absolute Gasteiger partial charge is 0.444 e. The number of hydrogen-bond acceptors (Lipinski definition) is 4. The van der Waals surface area contributed by atoms with Crippen LogP contribution in [0.15, 0.2) is 23.0 Å². The molecule has 1 aromatic heterocycles. The Morgan fingerprint density at radius 1 is 1.03 bits per heavy atom. The molecule has 2 fully saturated rings. The summed E-state index contributed by atoms with van der Waals surface area (Å²) in [6.45, 7) is 8.82. The fourth-order valence-electron chi connectivity index (χ4n) is 4.97. The van der Waals surface area contributed by atoms with Gasteiger partial charge in [0.15, 0.2) is 0 Å². The number of aromatic nitrogens is 1. The molecule has 1 aromatic rings. The van der Waals surface area contributed by atoms with Crippen molar-refractivity contribution in [2.45, 2.75) is 58.1 Å². The van der Waals surface area contributed by atoms with Gasteiger partial charge in [-0.05, 0) is 52.0 Å². The van der Waals surface area contributed by atoms with Gasteiger partial charge in [-0.15, -0.1) is 0 Å². The van der Waals surface area contributed by atoms with Crippen molar-refractivity contribution in [2.24, 2.45) is 11.8 Å². The summed E-state index contributed by atoms with van der Waals surface area (Å²) in [5.74, 6) is 0.745. The van der Waals surface area contributed by atoms with Crippen LogP contribution in [0, 0.1) is 11.8 Å². The van der Waals surface area contributed by atoms with E-state index >= 15 is 0 Å². The summed E-state index contributed by atoms with van der Waals surface area (Å²) in [6.07, 6.45) is 2.11. The number of hydrogen-bond donors (Lipinski definition) is 0. The van der Waals surface area contributed by atoms with Gasteiger partial charge in [0.25, 0.3) is 5.56 Å². The zero-order valence-electron chi connectivity index (χ0n) is 17.6. The van der Waals surface area contributed by atoms with E-state index in [1.54, 1.807) is 11.0 Å². The highest BCUT2D eigenvalue weighted by atomic mass is 16.6. The molecule has 0 aromatic carbocycles. The van der Waals surface area contributed by atoms with Gasteiger partial charge in [0.05, 0.1) is 0 Å². The molecule has 0 radical (unpaired) electrons. The first-order chi connectivity index (χ1) is 13.7. The number of pyridine rings is 1. The zero-order chi connectivity index (χ0) is 20.8. The number of ether oxygens (including phenoxy) is 1. The SMILES string of the molecule is CC(C)(C)OC(=O)N1CCC(C(=O)N2C[C@@H]3C[C@H](C2)c2cccc(=O)n2C3)CC1. The van der Waals surface area contributed by atoms with E-state index in [-0.39, 0.29) is 29.4 Å². The first kappa shape index (κ1) is 20.0. The van der Waals surface area contributed by atoms with Crippen LogP contribution in [0.5, 0.6) is 0 Å². The molecule has 3 aliphatic rings. The number of fused-ring (bicyclic) bond motifs is 4. The lowest BCUT2D eigenvalue weighted by molar-refractivity contribution is -0.139. The summed E-state index contributed by atoms with van der Waals surface area (Å²) in [7, 11) is 0. The maximum atomic E-state index is 13.2. The van der Waals surface area contributed by atoms with E-state index in [9.17, 15) is 14.4 Å². The highest BCUT2D eigenvalue weighted by Crippen LogP contribution is 2.36. The lowest BCUT2D eigenvalue weighted by Gasteiger charge is -2.44. The Hall–Kier alpha value is -2.31. The quantitative estimate of drug-likeness (QED) is 0.725. The van der Waals surface area contributed by atoms with E-state index in [0.29, 0.717) is 44.9 Å². The lowest BCUT2D eigenvalue weighted by atomic mass is 9.82. The fourth-order valence-corrected chi connectivity index (χ4v) is 4.97. The van der Waals surface area contributed by atoms with Crippen LogP contribution in [0.3, 0.4) is 0 Å². The standard InChI is InChI=1S/C22H31N3O4/c1-22(2,3)29-21(28)23-9-7-16(8-10-23)20(27)24-12-15-11-17(14-24)18-5-4-6-19(26)25(18)13-15/h4-6,15-17H,7-14H2,1-3H3/t15-,17+/m0/s1. The van der Waals surface area contributed by atoms with Crippen LogP contribution in [-0.2, 0) is 16.1 Å². The number of piperidine rings is 2. The van der Waals surface area contributed by atoms with Crippen molar-refractivity contribution in [2.75, 3.05) is 26.2 Å². The third kappa shape index (κ3) is 4.19. The molecule has 7 heteroatoms. The molecule has 2 saturated heterocycles. The first-order valence-electron chi connectivity index (χ1n) is 10.7. The molecule has 0 spiro atoms. The fraction of sp³-hybridized carbons (Fsp3) is 0.682. The van der Waals surface area contributed by atoms with Gasteiger partial charge >= 0.3 is 6.09 Å². The molecule has 158 valence electrons. The highest BCUT2D eigenvalue weighted by molar-refractivity contribution is 5.79. The number of likely N-dealkylation sites (tertiary alicyclic amines) is 2. The molecule has 4 rings (SSSR count). The predicted molar refractivity (Wildman–Crippen MR) is 109 cm³/mol. The van der Waals surface area contributed by atoms with Crippen molar-refractivity contribution in [1.82, 2.24) is 14.4 Å². The van der Waals surface area contributed by atoms with Crippen LogP contribution in [0.2, 0.25) is 0 Å². The average molecular weight is 402 g/mol. The number of nitrogens with zero attached hydrogens (tertiary/aromatic N) is 3. The minimum atomic E-state index is -0.506. The van der Waals surface area contributed by atoms with Gasteiger partial charge in [0.2, 0.25) is 5.91 Å². The van der Waals surface area contributed by atoms with Gasteiger partial charge in [0, 0.05) is 56.3 Å². The smallest absolute Gasteiger partial charge is 0.410 e. The van der Waals surface area contributed by atoms with Crippen LogP contribution < -0.4 is 5.56 Å². The van der Waals surface area contributed by atoms with Crippen molar-refractivity contribution in [3.05, 3.63) is 34.2 Å². The van der Waals surface area contributed by atoms with Crippen LogP contribution >= 0.6 is 0 Å². The molecule has 2 atom stereocenters. The minimum absolute atomic E-state index is 0.0366. The maximum absolute atomic E-state index is 13.2. The van der Waals surface area contributed by atoms with Crippen LogP contribution in [0.1, 0.15) is 51.6 Å². The van der Waals surface area contributed by atoms with Gasteiger partial charge in [-0.25, -0.2) is 4.79 Å². The van der Waals surface area contributed by atoms with Gasteiger partial charge in [0.1, 0.15) is 5.60 Å². The molecule has 29 heavy (non-hydrogen) atoms. The van der Waals surface area contributed by atoms with Gasteiger partial charge in [-0.3, -0.25) is 9.59 Å². The van der Waals surface area contributed by atoms with Crippen molar-refractivity contribution in [3.63, 3.8) is 0 Å². The molecule has 2 bridgehead atoms. The minimum Gasteiger partial charge on any atom is -0.444 e. The third-order valence-electron chi connectivity index (χ3n) is 6.29. The van der Waals surface area contributed by atoms with E-state index in [1.165, 1.54) is 0 Å². The summed E-state index contributed by atoms with van der Waals surface area (Å²) in [5, 5.41) is 0. The average Bonchev–Trinajstić information content (AvgIpc) is 2.67. The van der Waals surface area contributed by atoms with E-state index in [4.69, 9.17) is 4.74 Å². The van der Waals surface area contributed by atoms with Crippen LogP contribution in [0.25, 0.3) is 0 Å². The van der Waals surface area contributed by atoms with Crippen molar-refractivity contribution in [3.8, 4) is 0 Å². The van der Waals surface area contributed by atoms with E-state index < -0.39 is 5.60 Å². The number of rotatable bonds is 1. The van der Waals surface area contributed by atoms with Crippen molar-refractivity contribution < 1.29 is 14.3 Å². The molecule has 7 nitrogen and oxygen atoms in total. The molecular formula is C22H31N3O4. The second-order valence-electron chi connectivity index (χ2n) is 9.68. The lowest BCUT2D eigenvalue weighted by Crippen LogP contribution is -2.52. The van der Waals surface area contributed by atoms with E-state index in [1.807, 2.05) is 42.4 Å². The second-order valence-corrected chi connectivity index (χ2v) is 9.68. The summed E-state index contributed by atoms with van der Waals surface area (Å²) in [4.78, 5) is 41.3. The Balaban J connectivity index is 1.37. The van der Waals surface area contributed by atoms with E-state index in [2.05, 4.69) is 0 Å². The topological polar surface area (TPSA) is 71.8 Å². The monoisotopic (exact) mass is 401 g/mol. The van der Waals surface area contributed by atoms with Crippen LogP contribution in [-0.4, -0.2) is 58.1 Å². The molecule has 0 N–H and O–H groups in total. The molecule has 0 aliphatic carbocycles. The summed E-state index contributed by atoms with van der Waals surface area (Å²) in [6, 6.07) is 5.46. The van der Waals surface area contributed by atoms with Gasteiger partial charge in [-0.1, -0.05) is 6.07 Å². The summed E-state index contributed by atoms with van der Waals surface area (Å²) >= 11 is 0. The molecule has 0 unspecified atom stereocenters. The zero-order valence-corrected chi connectivity index (χ0v) is 17.6. The summed E-state index contributed by atoms with van der Waals surface area (Å²) < 4.78 is 7.34. The maximum Gasteiger partial charge on any atom is 0.410 e. The second kappa shape index (κ2) is 7.50. The Morgan fingerprint density at radius 3 is 2.45 bits per heavy atom. The first-order valence-corrected chi connectivity index (χ1v) is 10.7. The highest BCUT2D eigenvalue weighted by Gasteiger charge is 2.39. The van der Waals surface area contributed by atoms with Crippen molar-refractivity contribution in [1.29, 1.82) is 0 Å². The Morgan fingerprint density at radius 2 is 1.76 bits per heavy atom.